The molecule has 2 aromatic carbocycles. The first-order valence-corrected chi connectivity index (χ1v) is 6.35. The van der Waals surface area contributed by atoms with Crippen molar-refractivity contribution < 1.29 is 4.79 Å². The molecular formula is C14H13BrN2O. The number of hydrogen-bond donors (Lipinski definition) is 2. The van der Waals surface area contributed by atoms with E-state index >= 15 is 0 Å². The van der Waals surface area contributed by atoms with Gasteiger partial charge in [0, 0.05) is 16.6 Å². The number of carbonyl (C=O) groups excluding carboxylic acids is 1. The summed E-state index contributed by atoms with van der Waals surface area (Å²) in [5.41, 5.74) is 7.89. The molecule has 0 saturated heterocycles. The maximum Gasteiger partial charge on any atom is 0.255 e. The molecule has 18 heavy (non-hydrogen) atoms. The molecule has 2 rings (SSSR count). The van der Waals surface area contributed by atoms with E-state index in [2.05, 4.69) is 21.2 Å². The highest BCUT2D eigenvalue weighted by molar-refractivity contribution is 9.10. The van der Waals surface area contributed by atoms with Crippen LogP contribution in [0.2, 0.25) is 0 Å². The predicted octanol–water partition coefficient (Wildman–Crippen LogP) is 3.16. The smallest absolute Gasteiger partial charge is 0.255 e. The monoisotopic (exact) mass is 304 g/mol. The Morgan fingerprint density at radius 1 is 1.11 bits per heavy atom. The second-order valence-electron chi connectivity index (χ2n) is 3.84. The standard InChI is InChI=1S/C14H13BrN2O/c15-12-3-1-2-4-13(12)17-14(18)11-7-5-10(9-16)6-8-11/h1-8H,9,16H2,(H,17,18). The molecule has 0 aliphatic rings. The molecule has 0 atom stereocenters. The lowest BCUT2D eigenvalue weighted by Gasteiger charge is -2.07. The number of halogens is 1. The van der Waals surface area contributed by atoms with E-state index in [9.17, 15) is 4.79 Å². The number of carbonyl (C=O) groups is 1. The van der Waals surface area contributed by atoms with Crippen LogP contribution < -0.4 is 11.1 Å². The SMILES string of the molecule is NCc1ccc(C(=O)Nc2ccccc2Br)cc1. The van der Waals surface area contributed by atoms with Gasteiger partial charge in [0.25, 0.3) is 5.91 Å². The molecule has 0 heterocycles. The summed E-state index contributed by atoms with van der Waals surface area (Å²) in [6.07, 6.45) is 0. The second kappa shape index (κ2) is 5.80. The number of anilines is 1. The van der Waals surface area contributed by atoms with Crippen LogP contribution in [0.4, 0.5) is 5.69 Å². The Morgan fingerprint density at radius 2 is 1.78 bits per heavy atom. The van der Waals surface area contributed by atoms with Gasteiger partial charge in [-0.2, -0.15) is 0 Å². The van der Waals surface area contributed by atoms with Gasteiger partial charge in [-0.25, -0.2) is 0 Å². The Balaban J connectivity index is 2.14. The fraction of sp³-hybridized carbons (Fsp3) is 0.0714. The van der Waals surface area contributed by atoms with Crippen molar-refractivity contribution in [2.45, 2.75) is 6.54 Å². The number of nitrogens with one attached hydrogen (secondary N) is 1. The third-order valence-corrected chi connectivity index (χ3v) is 3.27. The van der Waals surface area contributed by atoms with Gasteiger partial charge < -0.3 is 11.1 Å². The topological polar surface area (TPSA) is 55.1 Å². The van der Waals surface area contributed by atoms with Crippen molar-refractivity contribution in [3.05, 3.63) is 64.1 Å². The third-order valence-electron chi connectivity index (χ3n) is 2.57. The van der Waals surface area contributed by atoms with E-state index < -0.39 is 0 Å². The number of para-hydroxylation sites is 1. The normalized spacial score (nSPS) is 10.1. The zero-order chi connectivity index (χ0) is 13.0. The van der Waals surface area contributed by atoms with Gasteiger partial charge in [0.1, 0.15) is 0 Å². The van der Waals surface area contributed by atoms with E-state index in [4.69, 9.17) is 5.73 Å². The zero-order valence-electron chi connectivity index (χ0n) is 9.69. The number of rotatable bonds is 3. The first-order valence-electron chi connectivity index (χ1n) is 5.55. The molecule has 0 bridgehead atoms. The highest BCUT2D eigenvalue weighted by Crippen LogP contribution is 2.21. The van der Waals surface area contributed by atoms with Crippen LogP contribution in [0.5, 0.6) is 0 Å². The lowest BCUT2D eigenvalue weighted by Crippen LogP contribution is -2.12. The molecule has 0 aliphatic carbocycles. The molecule has 3 nitrogen and oxygen atoms in total. The first-order chi connectivity index (χ1) is 8.70. The van der Waals surface area contributed by atoms with Crippen molar-refractivity contribution in [1.82, 2.24) is 0 Å². The summed E-state index contributed by atoms with van der Waals surface area (Å²) in [4.78, 5) is 12.0. The van der Waals surface area contributed by atoms with Crippen molar-refractivity contribution in [2.24, 2.45) is 5.73 Å². The van der Waals surface area contributed by atoms with Gasteiger partial charge in [0.2, 0.25) is 0 Å². The summed E-state index contributed by atoms with van der Waals surface area (Å²) in [5, 5.41) is 2.85. The highest BCUT2D eigenvalue weighted by atomic mass is 79.9. The molecule has 0 saturated carbocycles. The van der Waals surface area contributed by atoms with Crippen LogP contribution in [0.15, 0.2) is 53.0 Å². The molecule has 2 aromatic rings. The van der Waals surface area contributed by atoms with Crippen LogP contribution in [-0.4, -0.2) is 5.91 Å². The van der Waals surface area contributed by atoms with E-state index in [-0.39, 0.29) is 5.91 Å². The van der Waals surface area contributed by atoms with Crippen LogP contribution in [0.25, 0.3) is 0 Å². The van der Waals surface area contributed by atoms with Crippen LogP contribution in [0.1, 0.15) is 15.9 Å². The summed E-state index contributed by atoms with van der Waals surface area (Å²) < 4.78 is 0.858. The minimum Gasteiger partial charge on any atom is -0.326 e. The minimum absolute atomic E-state index is 0.134. The van der Waals surface area contributed by atoms with E-state index in [0.29, 0.717) is 12.1 Å². The van der Waals surface area contributed by atoms with E-state index in [0.717, 1.165) is 15.7 Å². The summed E-state index contributed by atoms with van der Waals surface area (Å²) in [7, 11) is 0. The maximum absolute atomic E-state index is 12.0. The number of amides is 1. The molecule has 0 radical (unpaired) electrons. The van der Waals surface area contributed by atoms with Crippen LogP contribution in [0, 0.1) is 0 Å². The second-order valence-corrected chi connectivity index (χ2v) is 4.69. The lowest BCUT2D eigenvalue weighted by molar-refractivity contribution is 0.102. The van der Waals surface area contributed by atoms with Crippen molar-refractivity contribution in [3.8, 4) is 0 Å². The van der Waals surface area contributed by atoms with Gasteiger partial charge in [0.15, 0.2) is 0 Å². The van der Waals surface area contributed by atoms with Gasteiger partial charge in [-0.15, -0.1) is 0 Å². The molecule has 0 aliphatic heterocycles. The molecule has 0 unspecified atom stereocenters. The van der Waals surface area contributed by atoms with Gasteiger partial charge >= 0.3 is 0 Å². The Morgan fingerprint density at radius 3 is 2.39 bits per heavy atom. The van der Waals surface area contributed by atoms with Crippen molar-refractivity contribution in [1.29, 1.82) is 0 Å². The minimum atomic E-state index is -0.134. The average molecular weight is 305 g/mol. The Bertz CT molecular complexity index is 552. The first kappa shape index (κ1) is 12.8. The van der Waals surface area contributed by atoms with Crippen molar-refractivity contribution in [2.75, 3.05) is 5.32 Å². The Hall–Kier alpha value is -1.65. The van der Waals surface area contributed by atoms with Crippen LogP contribution in [-0.2, 0) is 6.54 Å². The molecule has 4 heteroatoms. The maximum atomic E-state index is 12.0. The van der Waals surface area contributed by atoms with Crippen LogP contribution in [0.3, 0.4) is 0 Å². The van der Waals surface area contributed by atoms with Gasteiger partial charge in [-0.05, 0) is 45.8 Å². The Kier molecular flexibility index (Phi) is 4.12. The molecular weight excluding hydrogens is 292 g/mol. The van der Waals surface area contributed by atoms with Gasteiger partial charge in [-0.1, -0.05) is 24.3 Å². The quantitative estimate of drug-likeness (QED) is 0.915. The molecule has 3 N–H and O–H groups in total. The molecule has 0 aromatic heterocycles. The highest BCUT2D eigenvalue weighted by Gasteiger charge is 2.07. The number of nitrogens with two attached hydrogens (primary N) is 1. The number of benzene rings is 2. The zero-order valence-corrected chi connectivity index (χ0v) is 11.3. The van der Waals surface area contributed by atoms with Crippen LogP contribution >= 0.6 is 15.9 Å². The Labute approximate surface area is 114 Å². The van der Waals surface area contributed by atoms with Crippen molar-refractivity contribution >= 4 is 27.5 Å². The largest absolute Gasteiger partial charge is 0.326 e. The summed E-state index contributed by atoms with van der Waals surface area (Å²) in [6.45, 7) is 0.478. The number of hydrogen-bond acceptors (Lipinski definition) is 2. The van der Waals surface area contributed by atoms with E-state index in [1.807, 2.05) is 36.4 Å². The third kappa shape index (κ3) is 2.97. The van der Waals surface area contributed by atoms with Gasteiger partial charge in [0.05, 0.1) is 5.69 Å². The average Bonchev–Trinajstić information content (AvgIpc) is 2.41. The fourth-order valence-electron chi connectivity index (χ4n) is 1.55. The summed E-state index contributed by atoms with van der Waals surface area (Å²) in [6, 6.07) is 14.8. The predicted molar refractivity (Wildman–Crippen MR) is 76.4 cm³/mol. The molecule has 92 valence electrons. The van der Waals surface area contributed by atoms with Crippen molar-refractivity contribution in [3.63, 3.8) is 0 Å². The van der Waals surface area contributed by atoms with E-state index in [1.54, 1.807) is 12.1 Å². The summed E-state index contributed by atoms with van der Waals surface area (Å²) in [5.74, 6) is -0.134. The van der Waals surface area contributed by atoms with E-state index in [1.165, 1.54) is 0 Å². The lowest BCUT2D eigenvalue weighted by atomic mass is 10.1. The molecule has 0 spiro atoms. The summed E-state index contributed by atoms with van der Waals surface area (Å²) >= 11 is 3.39. The molecule has 0 fully saturated rings. The fourth-order valence-corrected chi connectivity index (χ4v) is 1.93. The van der Waals surface area contributed by atoms with Gasteiger partial charge in [-0.3, -0.25) is 4.79 Å². The molecule has 1 amide bonds.